The number of halogens is 18. The van der Waals surface area contributed by atoms with Gasteiger partial charge in [-0.25, -0.2) is 52.7 Å². The number of hydrogen-bond acceptors (Lipinski definition) is 3. The molecule has 0 bridgehead atoms. The Balaban J connectivity index is 1.95. The van der Waals surface area contributed by atoms with E-state index in [0.29, 0.717) is 6.92 Å². The molecule has 6 aromatic rings. The molecule has 6 rings (SSSR count). The molecule has 0 radical (unpaired) electrons. The number of alkyl halides is 6. The quantitative estimate of drug-likeness (QED) is 0.0814. The van der Waals surface area contributed by atoms with Crippen molar-refractivity contribution < 1.29 is 79.0 Å². The lowest BCUT2D eigenvalue weighted by Gasteiger charge is -2.18. The number of aryl methyl sites for hydroxylation is 1. The van der Waals surface area contributed by atoms with Crippen LogP contribution in [0.15, 0.2) is 0 Å². The summed E-state index contributed by atoms with van der Waals surface area (Å²) >= 11 is 0. The SMILES string of the molecule is Cc1nn(B(n2nc(C(F)(F)F)c3c(F)c(F)c(F)c(F)c32)n2nc(C(F)(F)F)c3c(F)c(F)c(F)c(F)c32)c2c(F)c(F)c(F)c(F)c12. The fourth-order valence-corrected chi connectivity index (χ4v) is 5.15. The predicted octanol–water partition coefficient (Wildman–Crippen LogP) is 7.68. The van der Waals surface area contributed by atoms with Gasteiger partial charge in [-0.3, -0.25) is 13.8 Å². The van der Waals surface area contributed by atoms with E-state index in [-0.39, 0.29) is 0 Å². The average Bonchev–Trinajstić information content (AvgIpc) is 3.71. The zero-order chi connectivity index (χ0) is 36.6. The number of benzene rings is 3. The van der Waals surface area contributed by atoms with Crippen molar-refractivity contribution in [2.75, 3.05) is 0 Å². The average molecular weight is 728 g/mol. The second kappa shape index (κ2) is 10.4. The van der Waals surface area contributed by atoms with Gasteiger partial charge >= 0.3 is 19.5 Å². The van der Waals surface area contributed by atoms with Crippen LogP contribution < -0.4 is 0 Å². The monoisotopic (exact) mass is 728 g/mol. The predicted molar refractivity (Wildman–Crippen MR) is 125 cm³/mol. The van der Waals surface area contributed by atoms with Crippen LogP contribution in [0.25, 0.3) is 32.7 Å². The minimum Gasteiger partial charge on any atom is -0.258 e. The first-order valence-corrected chi connectivity index (χ1v) is 12.4. The van der Waals surface area contributed by atoms with Crippen molar-refractivity contribution in [2.24, 2.45) is 0 Å². The van der Waals surface area contributed by atoms with Crippen LogP contribution in [0.4, 0.5) is 79.0 Å². The fourth-order valence-electron chi connectivity index (χ4n) is 5.15. The van der Waals surface area contributed by atoms with Gasteiger partial charge in [-0.2, -0.15) is 41.6 Å². The van der Waals surface area contributed by atoms with E-state index in [1.807, 2.05) is 0 Å². The summed E-state index contributed by atoms with van der Waals surface area (Å²) in [6.45, 7) is 0.616. The number of hydrogen-bond donors (Lipinski definition) is 0. The molecule has 258 valence electrons. The zero-order valence-corrected chi connectivity index (χ0v) is 22.6. The first kappa shape index (κ1) is 33.8. The topological polar surface area (TPSA) is 53.5 Å². The highest BCUT2D eigenvalue weighted by Crippen LogP contribution is 2.42. The van der Waals surface area contributed by atoms with Crippen LogP contribution in [0.3, 0.4) is 0 Å². The Kier molecular flexibility index (Phi) is 7.19. The van der Waals surface area contributed by atoms with Gasteiger partial charge in [-0.15, -0.1) is 0 Å². The molecule has 3 heterocycles. The van der Waals surface area contributed by atoms with Crippen molar-refractivity contribution in [3.63, 3.8) is 0 Å². The molecule has 0 aliphatic heterocycles. The molecule has 25 heteroatoms. The summed E-state index contributed by atoms with van der Waals surface area (Å²) in [5.41, 5.74) is -12.9. The largest absolute Gasteiger partial charge is 0.570 e. The number of fused-ring (bicyclic) bond motifs is 3. The van der Waals surface area contributed by atoms with Gasteiger partial charge in [0.2, 0.25) is 0 Å². The smallest absolute Gasteiger partial charge is 0.258 e. The van der Waals surface area contributed by atoms with Crippen molar-refractivity contribution in [3.05, 3.63) is 86.9 Å². The fraction of sp³-hybridized carbons (Fsp3) is 0.125. The molecule has 0 aliphatic rings. The Morgan fingerprint density at radius 3 is 0.980 bits per heavy atom. The summed E-state index contributed by atoms with van der Waals surface area (Å²) in [5, 5.41) is 2.55. The molecule has 0 N–H and O–H groups in total. The van der Waals surface area contributed by atoms with E-state index in [4.69, 9.17) is 0 Å². The number of nitrogens with zero attached hydrogens (tertiary/aromatic N) is 6. The van der Waals surface area contributed by atoms with Crippen LogP contribution in [0.5, 0.6) is 0 Å². The molecule has 0 fully saturated rings. The van der Waals surface area contributed by atoms with Crippen LogP contribution in [-0.2, 0) is 12.4 Å². The van der Waals surface area contributed by atoms with Gasteiger partial charge in [0.15, 0.2) is 81.2 Å². The standard InChI is InChI=1S/C24H3BF18N6/c1-2-3-6(26)9(29)12(32)15(35)18(3)47(44-2)25(48-19-4(21(45-48)23(38,39)40)7(27)10(30)13(33)16(19)36)49-20-5(22(46-49)24(41,42)43)8(28)11(31)14(34)17(20)37/h1H3. The molecule has 0 saturated carbocycles. The minimum atomic E-state index is -6.05. The molecule has 0 aliphatic carbocycles. The lowest BCUT2D eigenvalue weighted by atomic mass is 9.92. The van der Waals surface area contributed by atoms with E-state index in [2.05, 4.69) is 15.3 Å². The van der Waals surface area contributed by atoms with E-state index in [0.717, 1.165) is 0 Å². The van der Waals surface area contributed by atoms with Gasteiger partial charge in [0.05, 0.1) is 21.9 Å². The third-order valence-corrected chi connectivity index (χ3v) is 7.12. The molecule has 0 spiro atoms. The summed E-state index contributed by atoms with van der Waals surface area (Å²) in [5.74, 6) is -33.4. The van der Waals surface area contributed by atoms with E-state index < -0.39 is 153 Å². The maximum Gasteiger partial charge on any atom is 0.570 e. The van der Waals surface area contributed by atoms with Gasteiger partial charge in [0.25, 0.3) is 0 Å². The Morgan fingerprint density at radius 1 is 0.388 bits per heavy atom. The van der Waals surface area contributed by atoms with Crippen molar-refractivity contribution in [1.82, 2.24) is 29.1 Å². The van der Waals surface area contributed by atoms with Gasteiger partial charge in [0.1, 0.15) is 16.6 Å². The summed E-state index contributed by atoms with van der Waals surface area (Å²) < 4.78 is 259. The van der Waals surface area contributed by atoms with Gasteiger partial charge in [-0.05, 0) is 6.92 Å². The van der Waals surface area contributed by atoms with Crippen molar-refractivity contribution >= 4 is 39.8 Å². The summed E-state index contributed by atoms with van der Waals surface area (Å²) in [6.07, 6.45) is -12.1. The Bertz CT molecular complexity index is 2300. The third kappa shape index (κ3) is 4.45. The first-order chi connectivity index (χ1) is 22.5. The Hall–Kier alpha value is -5.13. The highest BCUT2D eigenvalue weighted by molar-refractivity contribution is 6.56. The summed E-state index contributed by atoms with van der Waals surface area (Å²) in [7, 11) is -3.58. The normalized spacial score (nSPS) is 12.8. The minimum absolute atomic E-state index is 0.512. The van der Waals surface area contributed by atoms with Crippen molar-refractivity contribution in [3.8, 4) is 0 Å². The summed E-state index contributed by atoms with van der Waals surface area (Å²) in [4.78, 5) is 0. The molecule has 0 amide bonds. The van der Waals surface area contributed by atoms with Crippen molar-refractivity contribution in [1.29, 1.82) is 0 Å². The van der Waals surface area contributed by atoms with Crippen LogP contribution in [0.2, 0.25) is 0 Å². The molecule has 0 unspecified atom stereocenters. The van der Waals surface area contributed by atoms with Gasteiger partial charge in [0, 0.05) is 0 Å². The lowest BCUT2D eigenvalue weighted by molar-refractivity contribution is -0.140. The Morgan fingerprint density at radius 2 is 0.653 bits per heavy atom. The van der Waals surface area contributed by atoms with Crippen LogP contribution in [-0.4, -0.2) is 36.2 Å². The second-order valence-corrected chi connectivity index (χ2v) is 9.90. The van der Waals surface area contributed by atoms with Crippen LogP contribution >= 0.6 is 0 Å². The van der Waals surface area contributed by atoms with Crippen LogP contribution in [0, 0.1) is 76.7 Å². The van der Waals surface area contributed by atoms with E-state index in [9.17, 15) is 65.9 Å². The van der Waals surface area contributed by atoms with Crippen molar-refractivity contribution in [2.45, 2.75) is 19.3 Å². The number of rotatable bonds is 3. The van der Waals surface area contributed by atoms with E-state index in [1.54, 1.807) is 0 Å². The zero-order valence-electron chi connectivity index (χ0n) is 22.6. The maximum atomic E-state index is 15.3. The van der Waals surface area contributed by atoms with Gasteiger partial charge < -0.3 is 0 Å². The van der Waals surface area contributed by atoms with Crippen LogP contribution in [0.1, 0.15) is 17.1 Å². The highest BCUT2D eigenvalue weighted by atomic mass is 19.4. The maximum absolute atomic E-state index is 15.3. The molecule has 49 heavy (non-hydrogen) atoms. The summed E-state index contributed by atoms with van der Waals surface area (Å²) in [6, 6.07) is 0. The molecular formula is C24H3BF18N6. The van der Waals surface area contributed by atoms with E-state index in [1.165, 1.54) is 0 Å². The molecule has 3 aromatic heterocycles. The molecule has 0 saturated heterocycles. The second-order valence-electron chi connectivity index (χ2n) is 9.90. The molecule has 6 nitrogen and oxygen atoms in total. The number of aromatic nitrogens is 6. The Labute approximate surface area is 254 Å². The lowest BCUT2D eigenvalue weighted by Crippen LogP contribution is -2.45. The molecule has 3 aromatic carbocycles. The molecule has 0 atom stereocenters. The highest BCUT2D eigenvalue weighted by Gasteiger charge is 2.48. The first-order valence-electron chi connectivity index (χ1n) is 12.4. The van der Waals surface area contributed by atoms with E-state index >= 15 is 13.2 Å². The molecular weight excluding hydrogens is 725 g/mol. The third-order valence-electron chi connectivity index (χ3n) is 7.12. The van der Waals surface area contributed by atoms with Gasteiger partial charge in [-0.1, -0.05) is 0 Å².